The highest BCUT2D eigenvalue weighted by Crippen LogP contribution is 2.39. The van der Waals surface area contributed by atoms with Gasteiger partial charge in [-0.15, -0.1) is 0 Å². The van der Waals surface area contributed by atoms with Crippen LogP contribution in [0.25, 0.3) is 0 Å². The lowest BCUT2D eigenvalue weighted by atomic mass is 9.83. The van der Waals surface area contributed by atoms with Gasteiger partial charge >= 0.3 is 6.09 Å². The van der Waals surface area contributed by atoms with Crippen LogP contribution in [-0.2, 0) is 16.1 Å². The average molecular weight is 407 g/mol. The minimum atomic E-state index is -1.59. The minimum Gasteiger partial charge on any atom is -0.445 e. The fourth-order valence-electron chi connectivity index (χ4n) is 4.45. The number of carbonyl (C=O) groups excluding carboxylic acids is 2. The summed E-state index contributed by atoms with van der Waals surface area (Å²) in [5, 5.41) is 3.12. The van der Waals surface area contributed by atoms with Gasteiger partial charge in [-0.1, -0.05) is 69.6 Å². The Hall–Kier alpha value is -1.61. The number of carbonyl (C=O) groups is 2. The molecule has 1 saturated heterocycles. The van der Waals surface area contributed by atoms with Crippen LogP contribution in [0.15, 0.2) is 30.3 Å². The number of nitrogens with zero attached hydrogens (tertiary/aromatic N) is 1. The molecule has 1 aliphatic rings. The van der Waals surface area contributed by atoms with Crippen LogP contribution in [-0.4, -0.2) is 49.9 Å². The summed E-state index contributed by atoms with van der Waals surface area (Å²) in [4.78, 5) is 27.3. The standard InChI is InChI=1S/C20H34N2O3Si2/c1-20(2)16(21-18(24)25-14-15-12-10-9-11-13-15)17(23)22(20)19(26(3,4)5)27(6,7)8/h9-13,16,19H,14H2,1-8H3,(H,21,24)/t16-/m1/s1. The lowest BCUT2D eigenvalue weighted by Gasteiger charge is -2.62. The van der Waals surface area contributed by atoms with Crippen molar-refractivity contribution in [1.29, 1.82) is 0 Å². The van der Waals surface area contributed by atoms with Gasteiger partial charge in [-0.3, -0.25) is 4.79 Å². The molecule has 27 heavy (non-hydrogen) atoms. The predicted molar refractivity (Wildman–Crippen MR) is 115 cm³/mol. The number of hydrogen-bond acceptors (Lipinski definition) is 3. The number of rotatable bonds is 6. The van der Waals surface area contributed by atoms with Gasteiger partial charge in [-0.25, -0.2) is 4.79 Å². The van der Waals surface area contributed by atoms with Gasteiger partial charge in [0.25, 0.3) is 0 Å². The Balaban J connectivity index is 2.06. The van der Waals surface area contributed by atoms with Gasteiger partial charge in [0.05, 0.1) is 21.7 Å². The largest absolute Gasteiger partial charge is 0.445 e. The molecule has 1 heterocycles. The van der Waals surface area contributed by atoms with E-state index in [-0.39, 0.29) is 12.5 Å². The van der Waals surface area contributed by atoms with Crippen LogP contribution < -0.4 is 5.32 Å². The Morgan fingerprint density at radius 1 is 1.11 bits per heavy atom. The average Bonchev–Trinajstić information content (AvgIpc) is 2.54. The van der Waals surface area contributed by atoms with Crippen molar-refractivity contribution in [1.82, 2.24) is 10.2 Å². The van der Waals surface area contributed by atoms with E-state index in [2.05, 4.69) is 49.5 Å². The molecule has 1 aromatic carbocycles. The van der Waals surface area contributed by atoms with Gasteiger partial charge in [-0.05, 0) is 19.4 Å². The number of amides is 2. The van der Waals surface area contributed by atoms with Crippen molar-refractivity contribution < 1.29 is 14.3 Å². The normalized spacial score (nSPS) is 19.7. The summed E-state index contributed by atoms with van der Waals surface area (Å²) in [5.41, 5.74) is 0.514. The maximum atomic E-state index is 13.0. The summed E-state index contributed by atoms with van der Waals surface area (Å²) in [7, 11) is -3.18. The smallest absolute Gasteiger partial charge is 0.408 e. The Kier molecular flexibility index (Phi) is 5.97. The molecule has 0 unspecified atom stereocenters. The van der Waals surface area contributed by atoms with E-state index in [1.54, 1.807) is 0 Å². The number of alkyl carbamates (subject to hydrolysis) is 1. The Morgan fingerprint density at radius 3 is 2.07 bits per heavy atom. The van der Waals surface area contributed by atoms with E-state index in [1.807, 2.05) is 44.2 Å². The molecular formula is C20H34N2O3Si2. The lowest BCUT2D eigenvalue weighted by Crippen LogP contribution is -2.84. The van der Waals surface area contributed by atoms with Crippen LogP contribution >= 0.6 is 0 Å². The molecule has 0 spiro atoms. The molecule has 1 aromatic rings. The van der Waals surface area contributed by atoms with Gasteiger partial charge in [0.15, 0.2) is 0 Å². The summed E-state index contributed by atoms with van der Waals surface area (Å²) < 4.78 is 5.30. The molecule has 0 saturated carbocycles. The third kappa shape index (κ3) is 4.63. The van der Waals surface area contributed by atoms with Crippen molar-refractivity contribution >= 4 is 28.1 Å². The highest BCUT2D eigenvalue weighted by Gasteiger charge is 2.61. The van der Waals surface area contributed by atoms with E-state index in [1.165, 1.54) is 0 Å². The maximum Gasteiger partial charge on any atom is 0.408 e. The first-order chi connectivity index (χ1) is 12.3. The number of benzene rings is 1. The first kappa shape index (κ1) is 21.7. The Labute approximate surface area is 165 Å². The first-order valence-corrected chi connectivity index (χ1v) is 16.7. The van der Waals surface area contributed by atoms with Crippen LogP contribution in [0.3, 0.4) is 0 Å². The second kappa shape index (κ2) is 7.43. The van der Waals surface area contributed by atoms with Crippen LogP contribution in [0.1, 0.15) is 19.4 Å². The topological polar surface area (TPSA) is 58.6 Å². The molecule has 0 bridgehead atoms. The molecule has 0 aliphatic carbocycles. The van der Waals surface area contributed by atoms with Crippen molar-refractivity contribution in [3.8, 4) is 0 Å². The van der Waals surface area contributed by atoms with Crippen LogP contribution in [0.2, 0.25) is 39.3 Å². The molecule has 0 aromatic heterocycles. The maximum absolute atomic E-state index is 13.0. The monoisotopic (exact) mass is 406 g/mol. The molecule has 1 atom stereocenters. The van der Waals surface area contributed by atoms with E-state index in [0.29, 0.717) is 5.29 Å². The highest BCUT2D eigenvalue weighted by atomic mass is 28.4. The quantitative estimate of drug-likeness (QED) is 0.573. The van der Waals surface area contributed by atoms with Gasteiger partial charge in [0.1, 0.15) is 12.6 Å². The zero-order valence-electron chi connectivity index (χ0n) is 17.9. The van der Waals surface area contributed by atoms with Crippen molar-refractivity contribution in [3.63, 3.8) is 0 Å². The molecule has 150 valence electrons. The van der Waals surface area contributed by atoms with Crippen molar-refractivity contribution in [2.45, 2.75) is 76.6 Å². The number of likely N-dealkylation sites (tertiary alicyclic amines) is 1. The highest BCUT2D eigenvalue weighted by molar-refractivity contribution is 6.96. The van der Waals surface area contributed by atoms with E-state index in [4.69, 9.17) is 4.74 Å². The van der Waals surface area contributed by atoms with Gasteiger partial charge in [0.2, 0.25) is 5.91 Å². The molecule has 5 nitrogen and oxygen atoms in total. The fraction of sp³-hybridized carbons (Fsp3) is 0.600. The van der Waals surface area contributed by atoms with Gasteiger partial charge in [-0.2, -0.15) is 0 Å². The minimum absolute atomic E-state index is 0.0199. The zero-order chi connectivity index (χ0) is 20.6. The second-order valence-corrected chi connectivity index (χ2v) is 21.3. The van der Waals surface area contributed by atoms with Gasteiger partial charge < -0.3 is 15.0 Å². The van der Waals surface area contributed by atoms with E-state index >= 15 is 0 Å². The summed E-state index contributed by atoms with van der Waals surface area (Å²) >= 11 is 0. The summed E-state index contributed by atoms with van der Waals surface area (Å²) in [6.07, 6.45) is -0.539. The SMILES string of the molecule is CC1(C)[C@H](NC(=O)OCc2ccccc2)C(=O)N1C([Si](C)(C)C)[Si](C)(C)C. The Morgan fingerprint density at radius 2 is 1.63 bits per heavy atom. The Bertz CT molecular complexity index is 679. The van der Waals surface area contributed by atoms with Crippen LogP contribution in [0.5, 0.6) is 0 Å². The van der Waals surface area contributed by atoms with E-state index < -0.39 is 33.8 Å². The van der Waals surface area contributed by atoms with Crippen molar-refractivity contribution in [2.24, 2.45) is 0 Å². The number of β-lactam (4-membered cyclic amide) rings is 1. The summed E-state index contributed by atoms with van der Waals surface area (Å²) in [6, 6.07) is 9.00. The van der Waals surface area contributed by atoms with Gasteiger partial charge in [0, 0.05) is 5.29 Å². The first-order valence-electron chi connectivity index (χ1n) is 9.56. The molecule has 2 rings (SSSR count). The molecule has 1 fully saturated rings. The number of hydrogen-bond donors (Lipinski definition) is 1. The number of nitrogens with one attached hydrogen (secondary N) is 1. The van der Waals surface area contributed by atoms with Crippen LogP contribution in [0, 0.1) is 0 Å². The molecule has 7 heteroatoms. The molecule has 0 radical (unpaired) electrons. The molecule has 1 aliphatic heterocycles. The summed E-state index contributed by atoms with van der Waals surface area (Å²) in [5.74, 6) is 0.0199. The summed E-state index contributed by atoms with van der Waals surface area (Å²) in [6.45, 7) is 18.3. The second-order valence-electron chi connectivity index (χ2n) is 10.1. The molecule has 1 N–H and O–H groups in total. The third-order valence-electron chi connectivity index (χ3n) is 5.19. The van der Waals surface area contributed by atoms with Crippen LogP contribution in [0.4, 0.5) is 4.79 Å². The van der Waals surface area contributed by atoms with Crippen molar-refractivity contribution in [3.05, 3.63) is 35.9 Å². The molecular weight excluding hydrogens is 372 g/mol. The molecule has 2 amide bonds. The fourth-order valence-corrected chi connectivity index (χ4v) is 17.3. The lowest BCUT2D eigenvalue weighted by molar-refractivity contribution is -0.159. The zero-order valence-corrected chi connectivity index (χ0v) is 19.9. The number of ether oxygens (including phenoxy) is 1. The van der Waals surface area contributed by atoms with E-state index in [9.17, 15) is 9.59 Å². The third-order valence-corrected chi connectivity index (χ3v) is 14.2. The predicted octanol–water partition coefficient (Wildman–Crippen LogP) is 4.03. The van der Waals surface area contributed by atoms with E-state index in [0.717, 1.165) is 5.56 Å². The van der Waals surface area contributed by atoms with Crippen molar-refractivity contribution in [2.75, 3.05) is 0 Å².